The van der Waals surface area contributed by atoms with Crippen LogP contribution in [0.3, 0.4) is 0 Å². The topological polar surface area (TPSA) is 20.2 Å². The third kappa shape index (κ3) is 7.34. The van der Waals surface area contributed by atoms with E-state index in [1.54, 1.807) is 0 Å². The van der Waals surface area contributed by atoms with E-state index >= 15 is 0 Å². The highest BCUT2D eigenvalue weighted by atomic mass is 16.2. The summed E-state index contributed by atoms with van der Waals surface area (Å²) in [4.78, 5) is 0. The van der Waals surface area contributed by atoms with Crippen molar-refractivity contribution in [2.45, 2.75) is 33.1 Å². The molecule has 0 unspecified atom stereocenters. The molecule has 0 aromatic rings. The predicted molar refractivity (Wildman–Crippen MR) is 49.5 cm³/mol. The molecule has 0 aromatic heterocycles. The van der Waals surface area contributed by atoms with Crippen LogP contribution in [0.25, 0.3) is 0 Å². The molecule has 1 nitrogen and oxygen atoms in total. The molecule has 0 saturated heterocycles. The molecule has 0 saturated carbocycles. The third-order valence-electron chi connectivity index (χ3n) is 1.55. The number of aliphatic hydroxyl groups is 1. The zero-order chi connectivity index (χ0) is 8.53. The first kappa shape index (κ1) is 10.4. The van der Waals surface area contributed by atoms with Gasteiger partial charge in [0.15, 0.2) is 0 Å². The molecule has 11 heavy (non-hydrogen) atoms. The van der Waals surface area contributed by atoms with E-state index in [1.165, 1.54) is 5.57 Å². The molecule has 0 fully saturated rings. The van der Waals surface area contributed by atoms with Crippen LogP contribution in [0.15, 0.2) is 23.8 Å². The van der Waals surface area contributed by atoms with Crippen molar-refractivity contribution in [2.75, 3.05) is 6.61 Å². The van der Waals surface area contributed by atoms with Gasteiger partial charge in [0, 0.05) is 6.61 Å². The molecule has 0 amide bonds. The van der Waals surface area contributed by atoms with Crippen LogP contribution in [0.2, 0.25) is 0 Å². The average Bonchev–Trinajstić information content (AvgIpc) is 2.01. The van der Waals surface area contributed by atoms with Gasteiger partial charge in [0.2, 0.25) is 0 Å². The Labute approximate surface area is 69.4 Å². The van der Waals surface area contributed by atoms with Gasteiger partial charge in [-0.05, 0) is 33.1 Å². The normalized spacial score (nSPS) is 12.8. The first-order valence-electron chi connectivity index (χ1n) is 4.20. The maximum atomic E-state index is 8.52. The lowest BCUT2D eigenvalue weighted by molar-refractivity contribution is 0.284. The number of aliphatic hydroxyl groups excluding tert-OH is 1. The molecule has 0 radical (unpaired) electrons. The van der Waals surface area contributed by atoms with E-state index in [4.69, 9.17) is 5.11 Å². The first-order valence-corrected chi connectivity index (χ1v) is 4.20. The van der Waals surface area contributed by atoms with Gasteiger partial charge in [-0.2, -0.15) is 0 Å². The van der Waals surface area contributed by atoms with Crippen molar-refractivity contribution in [2.24, 2.45) is 0 Å². The molecular weight excluding hydrogens is 136 g/mol. The summed E-state index contributed by atoms with van der Waals surface area (Å²) >= 11 is 0. The molecule has 1 heteroatoms. The molecule has 0 bridgehead atoms. The van der Waals surface area contributed by atoms with Crippen LogP contribution in [0.5, 0.6) is 0 Å². The maximum absolute atomic E-state index is 8.52. The van der Waals surface area contributed by atoms with Crippen molar-refractivity contribution >= 4 is 0 Å². The van der Waals surface area contributed by atoms with Crippen molar-refractivity contribution in [1.29, 1.82) is 0 Å². The SMILES string of the molecule is C/C=C\C=C(\C)CCCCO. The minimum absolute atomic E-state index is 0.316. The molecule has 0 rings (SSSR count). The summed E-state index contributed by atoms with van der Waals surface area (Å²) in [5, 5.41) is 8.52. The standard InChI is InChI=1S/C10H18O/c1-3-4-7-10(2)8-5-6-9-11/h3-4,7,11H,5-6,8-9H2,1-2H3/b4-3-,10-7-. The van der Waals surface area contributed by atoms with E-state index in [1.807, 2.05) is 19.1 Å². The summed E-state index contributed by atoms with van der Waals surface area (Å²) < 4.78 is 0. The van der Waals surface area contributed by atoms with Gasteiger partial charge in [0.25, 0.3) is 0 Å². The molecule has 0 aromatic carbocycles. The van der Waals surface area contributed by atoms with Crippen molar-refractivity contribution in [3.63, 3.8) is 0 Å². The number of rotatable bonds is 5. The van der Waals surface area contributed by atoms with E-state index < -0.39 is 0 Å². The van der Waals surface area contributed by atoms with Gasteiger partial charge in [-0.3, -0.25) is 0 Å². The van der Waals surface area contributed by atoms with Crippen molar-refractivity contribution in [3.8, 4) is 0 Å². The van der Waals surface area contributed by atoms with E-state index in [2.05, 4.69) is 13.0 Å². The molecular formula is C10H18O. The van der Waals surface area contributed by atoms with Crippen molar-refractivity contribution < 1.29 is 5.11 Å². The van der Waals surface area contributed by atoms with Crippen molar-refractivity contribution in [3.05, 3.63) is 23.8 Å². The van der Waals surface area contributed by atoms with E-state index in [9.17, 15) is 0 Å². The summed E-state index contributed by atoms with van der Waals surface area (Å²) in [6.45, 7) is 4.45. The Morgan fingerprint density at radius 3 is 2.64 bits per heavy atom. The van der Waals surface area contributed by atoms with Gasteiger partial charge in [-0.1, -0.05) is 23.8 Å². The van der Waals surface area contributed by atoms with Crippen LogP contribution in [-0.4, -0.2) is 11.7 Å². The first-order chi connectivity index (χ1) is 5.31. The van der Waals surface area contributed by atoms with Crippen LogP contribution in [-0.2, 0) is 0 Å². The van der Waals surface area contributed by atoms with E-state index in [0.29, 0.717) is 6.61 Å². The zero-order valence-corrected chi connectivity index (χ0v) is 7.51. The lowest BCUT2D eigenvalue weighted by Gasteiger charge is -1.97. The Balaban J connectivity index is 3.42. The fraction of sp³-hybridized carbons (Fsp3) is 0.600. The van der Waals surface area contributed by atoms with E-state index in [0.717, 1.165) is 19.3 Å². The minimum atomic E-state index is 0.316. The Hall–Kier alpha value is -0.560. The average molecular weight is 154 g/mol. The zero-order valence-electron chi connectivity index (χ0n) is 7.51. The number of allylic oxidation sites excluding steroid dienone is 4. The Morgan fingerprint density at radius 1 is 1.36 bits per heavy atom. The lowest BCUT2D eigenvalue weighted by Crippen LogP contribution is -1.83. The minimum Gasteiger partial charge on any atom is -0.396 e. The third-order valence-corrected chi connectivity index (χ3v) is 1.55. The second kappa shape index (κ2) is 7.55. The van der Waals surface area contributed by atoms with Gasteiger partial charge in [-0.15, -0.1) is 0 Å². The van der Waals surface area contributed by atoms with Gasteiger partial charge >= 0.3 is 0 Å². The molecule has 0 aliphatic heterocycles. The van der Waals surface area contributed by atoms with E-state index in [-0.39, 0.29) is 0 Å². The molecule has 0 spiro atoms. The summed E-state index contributed by atoms with van der Waals surface area (Å²) in [6.07, 6.45) is 9.31. The quantitative estimate of drug-likeness (QED) is 0.477. The molecule has 0 aliphatic rings. The summed E-state index contributed by atoms with van der Waals surface area (Å²) in [5.74, 6) is 0. The van der Waals surface area contributed by atoms with Crippen LogP contribution >= 0.6 is 0 Å². The predicted octanol–water partition coefficient (Wildman–Crippen LogP) is 2.67. The number of hydrogen-bond donors (Lipinski definition) is 1. The highest BCUT2D eigenvalue weighted by molar-refractivity contribution is 5.09. The highest BCUT2D eigenvalue weighted by Gasteiger charge is 1.87. The smallest absolute Gasteiger partial charge is 0.0431 e. The molecule has 1 N–H and O–H groups in total. The van der Waals surface area contributed by atoms with Crippen LogP contribution in [0.1, 0.15) is 33.1 Å². The van der Waals surface area contributed by atoms with Crippen LogP contribution < -0.4 is 0 Å². The second-order valence-electron chi connectivity index (χ2n) is 2.72. The molecule has 0 heterocycles. The summed E-state index contributed by atoms with van der Waals surface area (Å²) in [7, 11) is 0. The monoisotopic (exact) mass is 154 g/mol. The fourth-order valence-corrected chi connectivity index (χ4v) is 0.859. The summed E-state index contributed by atoms with van der Waals surface area (Å²) in [6, 6.07) is 0. The van der Waals surface area contributed by atoms with Gasteiger partial charge in [0.1, 0.15) is 0 Å². The molecule has 0 aliphatic carbocycles. The van der Waals surface area contributed by atoms with Gasteiger partial charge in [-0.25, -0.2) is 0 Å². The van der Waals surface area contributed by atoms with Gasteiger partial charge in [0.05, 0.1) is 0 Å². The number of unbranched alkanes of at least 4 members (excludes halogenated alkanes) is 1. The fourth-order valence-electron chi connectivity index (χ4n) is 0.859. The van der Waals surface area contributed by atoms with Crippen LogP contribution in [0, 0.1) is 0 Å². The Bertz CT molecular complexity index is 134. The Kier molecular flexibility index (Phi) is 7.16. The lowest BCUT2D eigenvalue weighted by atomic mass is 10.1. The second-order valence-corrected chi connectivity index (χ2v) is 2.72. The highest BCUT2D eigenvalue weighted by Crippen LogP contribution is 2.05. The van der Waals surface area contributed by atoms with Crippen LogP contribution in [0.4, 0.5) is 0 Å². The molecule has 64 valence electrons. The van der Waals surface area contributed by atoms with Gasteiger partial charge < -0.3 is 5.11 Å². The largest absolute Gasteiger partial charge is 0.396 e. The van der Waals surface area contributed by atoms with Crippen molar-refractivity contribution in [1.82, 2.24) is 0 Å². The molecule has 0 atom stereocenters. The number of hydrogen-bond acceptors (Lipinski definition) is 1. The maximum Gasteiger partial charge on any atom is 0.0431 e. The summed E-state index contributed by atoms with van der Waals surface area (Å²) in [5.41, 5.74) is 1.39. The Morgan fingerprint density at radius 2 is 2.09 bits per heavy atom.